The number of piperazine rings is 1. The summed E-state index contributed by atoms with van der Waals surface area (Å²) in [5.74, 6) is 0.345. The lowest BCUT2D eigenvalue weighted by Crippen LogP contribution is -2.50. The van der Waals surface area contributed by atoms with E-state index >= 15 is 0 Å². The zero-order chi connectivity index (χ0) is 11.5. The number of ether oxygens (including phenoxy) is 1. The van der Waals surface area contributed by atoms with Crippen LogP contribution in [-0.4, -0.2) is 32.8 Å². The van der Waals surface area contributed by atoms with Crippen LogP contribution in [0.5, 0.6) is 5.75 Å². The highest BCUT2D eigenvalue weighted by atomic mass is 19.1. The van der Waals surface area contributed by atoms with Crippen LogP contribution < -0.4 is 15.0 Å². The van der Waals surface area contributed by atoms with E-state index in [0.29, 0.717) is 11.8 Å². The van der Waals surface area contributed by atoms with Crippen LogP contribution in [0.4, 0.5) is 10.1 Å². The summed E-state index contributed by atoms with van der Waals surface area (Å²) in [6.45, 7) is 4.96. The van der Waals surface area contributed by atoms with Crippen LogP contribution >= 0.6 is 0 Å². The minimum absolute atomic E-state index is 0.261. The van der Waals surface area contributed by atoms with E-state index in [4.69, 9.17) is 4.74 Å². The Bertz CT molecular complexity index is 370. The van der Waals surface area contributed by atoms with Gasteiger partial charge in [0.2, 0.25) is 0 Å². The minimum atomic E-state index is -0.261. The molecule has 0 radical (unpaired) electrons. The van der Waals surface area contributed by atoms with Crippen LogP contribution in [0.3, 0.4) is 0 Å². The first kappa shape index (κ1) is 11.2. The first-order valence-electron chi connectivity index (χ1n) is 5.53. The van der Waals surface area contributed by atoms with Crippen molar-refractivity contribution in [2.24, 2.45) is 0 Å². The zero-order valence-electron chi connectivity index (χ0n) is 9.66. The van der Waals surface area contributed by atoms with E-state index in [1.54, 1.807) is 13.2 Å². The number of rotatable bonds is 2. The van der Waals surface area contributed by atoms with E-state index in [1.165, 1.54) is 12.1 Å². The Morgan fingerprint density at radius 3 is 3.00 bits per heavy atom. The summed E-state index contributed by atoms with van der Waals surface area (Å²) in [5.41, 5.74) is 0.970. The van der Waals surface area contributed by atoms with E-state index in [9.17, 15) is 4.39 Å². The van der Waals surface area contributed by atoms with Gasteiger partial charge in [-0.1, -0.05) is 0 Å². The van der Waals surface area contributed by atoms with Crippen molar-refractivity contribution >= 4 is 5.69 Å². The molecule has 88 valence electrons. The van der Waals surface area contributed by atoms with Gasteiger partial charge in [-0.05, 0) is 19.1 Å². The summed E-state index contributed by atoms with van der Waals surface area (Å²) in [6, 6.07) is 5.10. The van der Waals surface area contributed by atoms with Crippen LogP contribution in [-0.2, 0) is 0 Å². The standard InChI is InChI=1S/C12H17FN2O/c1-9-8-14-5-6-15(9)11-4-3-10(13)7-12(11)16-2/h3-4,7,9,14H,5-6,8H2,1-2H3. The molecule has 1 aromatic rings. The van der Waals surface area contributed by atoms with E-state index in [-0.39, 0.29) is 5.82 Å². The van der Waals surface area contributed by atoms with Crippen molar-refractivity contribution in [1.29, 1.82) is 0 Å². The van der Waals surface area contributed by atoms with Gasteiger partial charge in [-0.25, -0.2) is 4.39 Å². The Balaban J connectivity index is 2.30. The Labute approximate surface area is 95.2 Å². The average Bonchev–Trinajstić information content (AvgIpc) is 2.30. The lowest BCUT2D eigenvalue weighted by Gasteiger charge is -2.36. The molecule has 0 aromatic heterocycles. The molecule has 0 saturated carbocycles. The second-order valence-electron chi connectivity index (χ2n) is 4.06. The summed E-state index contributed by atoms with van der Waals surface area (Å²) < 4.78 is 18.3. The van der Waals surface area contributed by atoms with Gasteiger partial charge in [0.25, 0.3) is 0 Å². The summed E-state index contributed by atoms with van der Waals surface area (Å²) >= 11 is 0. The quantitative estimate of drug-likeness (QED) is 0.826. The number of hydrogen-bond donors (Lipinski definition) is 1. The van der Waals surface area contributed by atoms with Crippen LogP contribution in [0.15, 0.2) is 18.2 Å². The normalized spacial score (nSPS) is 20.9. The summed E-state index contributed by atoms with van der Waals surface area (Å²) in [7, 11) is 1.57. The number of anilines is 1. The highest BCUT2D eigenvalue weighted by Crippen LogP contribution is 2.30. The van der Waals surface area contributed by atoms with Gasteiger partial charge in [0, 0.05) is 31.7 Å². The lowest BCUT2D eigenvalue weighted by atomic mass is 10.1. The first-order valence-corrected chi connectivity index (χ1v) is 5.53. The van der Waals surface area contributed by atoms with Gasteiger partial charge in [-0.3, -0.25) is 0 Å². The van der Waals surface area contributed by atoms with Gasteiger partial charge in [0.15, 0.2) is 0 Å². The highest BCUT2D eigenvalue weighted by molar-refractivity contribution is 5.59. The molecule has 0 aliphatic carbocycles. The number of nitrogens with one attached hydrogen (secondary N) is 1. The van der Waals surface area contributed by atoms with Crippen molar-refractivity contribution in [3.63, 3.8) is 0 Å². The Kier molecular flexibility index (Phi) is 3.29. The van der Waals surface area contributed by atoms with Crippen molar-refractivity contribution in [2.75, 3.05) is 31.6 Å². The molecular formula is C12H17FN2O. The number of nitrogens with zero attached hydrogens (tertiary/aromatic N) is 1. The van der Waals surface area contributed by atoms with Crippen LogP contribution in [0.1, 0.15) is 6.92 Å². The SMILES string of the molecule is COc1cc(F)ccc1N1CCNCC1C. The molecule has 1 saturated heterocycles. The molecule has 2 rings (SSSR count). The summed E-state index contributed by atoms with van der Waals surface area (Å²) in [6.07, 6.45) is 0. The predicted molar refractivity (Wildman–Crippen MR) is 62.6 cm³/mol. The fourth-order valence-corrected chi connectivity index (χ4v) is 2.09. The molecule has 1 aliphatic rings. The van der Waals surface area contributed by atoms with Crippen LogP contribution in [0.2, 0.25) is 0 Å². The maximum atomic E-state index is 13.1. The molecule has 1 N–H and O–H groups in total. The molecule has 4 heteroatoms. The lowest BCUT2D eigenvalue weighted by molar-refractivity contribution is 0.405. The molecule has 0 bridgehead atoms. The van der Waals surface area contributed by atoms with E-state index in [0.717, 1.165) is 25.3 Å². The maximum absolute atomic E-state index is 13.1. The van der Waals surface area contributed by atoms with Crippen molar-refractivity contribution in [1.82, 2.24) is 5.32 Å². The molecule has 1 unspecified atom stereocenters. The first-order chi connectivity index (χ1) is 7.72. The number of halogens is 1. The fraction of sp³-hybridized carbons (Fsp3) is 0.500. The van der Waals surface area contributed by atoms with Crippen molar-refractivity contribution in [2.45, 2.75) is 13.0 Å². The number of hydrogen-bond acceptors (Lipinski definition) is 3. The van der Waals surface area contributed by atoms with Gasteiger partial charge >= 0.3 is 0 Å². The van der Waals surface area contributed by atoms with Gasteiger partial charge < -0.3 is 15.0 Å². The molecular weight excluding hydrogens is 207 g/mol. The maximum Gasteiger partial charge on any atom is 0.145 e. The van der Waals surface area contributed by atoms with Crippen molar-refractivity contribution in [3.05, 3.63) is 24.0 Å². The molecule has 1 fully saturated rings. The summed E-state index contributed by atoms with van der Waals surface area (Å²) in [4.78, 5) is 2.24. The molecule has 1 atom stereocenters. The third-order valence-corrected chi connectivity index (χ3v) is 2.95. The average molecular weight is 224 g/mol. The van der Waals surface area contributed by atoms with Gasteiger partial charge in [-0.2, -0.15) is 0 Å². The molecule has 3 nitrogen and oxygen atoms in total. The highest BCUT2D eigenvalue weighted by Gasteiger charge is 2.21. The fourth-order valence-electron chi connectivity index (χ4n) is 2.09. The van der Waals surface area contributed by atoms with Crippen molar-refractivity contribution < 1.29 is 9.13 Å². The predicted octanol–water partition coefficient (Wildman–Crippen LogP) is 1.63. The topological polar surface area (TPSA) is 24.5 Å². The zero-order valence-corrected chi connectivity index (χ0v) is 9.66. The molecule has 0 spiro atoms. The minimum Gasteiger partial charge on any atom is -0.494 e. The van der Waals surface area contributed by atoms with E-state index in [1.807, 2.05) is 0 Å². The van der Waals surface area contributed by atoms with Gasteiger partial charge in [-0.15, -0.1) is 0 Å². The third kappa shape index (κ3) is 2.11. The Morgan fingerprint density at radius 2 is 2.31 bits per heavy atom. The largest absolute Gasteiger partial charge is 0.494 e. The molecule has 1 heterocycles. The molecule has 1 aromatic carbocycles. The number of methoxy groups -OCH3 is 1. The van der Waals surface area contributed by atoms with Gasteiger partial charge in [0.05, 0.1) is 12.8 Å². The molecule has 0 amide bonds. The number of benzene rings is 1. The van der Waals surface area contributed by atoms with Crippen LogP contribution in [0.25, 0.3) is 0 Å². The Morgan fingerprint density at radius 1 is 1.50 bits per heavy atom. The van der Waals surface area contributed by atoms with Crippen LogP contribution in [0, 0.1) is 5.82 Å². The Hall–Kier alpha value is -1.29. The molecule has 16 heavy (non-hydrogen) atoms. The summed E-state index contributed by atoms with van der Waals surface area (Å²) in [5, 5.41) is 3.33. The second kappa shape index (κ2) is 4.70. The van der Waals surface area contributed by atoms with E-state index < -0.39 is 0 Å². The third-order valence-electron chi connectivity index (χ3n) is 2.95. The second-order valence-corrected chi connectivity index (χ2v) is 4.06. The van der Waals surface area contributed by atoms with Gasteiger partial charge in [0.1, 0.15) is 11.6 Å². The molecule has 1 aliphatic heterocycles. The monoisotopic (exact) mass is 224 g/mol. The smallest absolute Gasteiger partial charge is 0.145 e. The van der Waals surface area contributed by atoms with E-state index in [2.05, 4.69) is 17.1 Å². The van der Waals surface area contributed by atoms with Crippen molar-refractivity contribution in [3.8, 4) is 5.75 Å².